The van der Waals surface area contributed by atoms with Gasteiger partial charge in [-0.2, -0.15) is 0 Å². The summed E-state index contributed by atoms with van der Waals surface area (Å²) in [7, 11) is 0. The summed E-state index contributed by atoms with van der Waals surface area (Å²) in [6.45, 7) is 6.39. The number of nitrogens with one attached hydrogen (secondary N) is 1. The summed E-state index contributed by atoms with van der Waals surface area (Å²) in [6.07, 6.45) is 3.38. The van der Waals surface area contributed by atoms with Crippen molar-refractivity contribution in [3.05, 3.63) is 54.3 Å². The van der Waals surface area contributed by atoms with Gasteiger partial charge in [0.25, 0.3) is 0 Å². The van der Waals surface area contributed by atoms with Gasteiger partial charge in [-0.05, 0) is 93.7 Å². The summed E-state index contributed by atoms with van der Waals surface area (Å²) >= 11 is 0. The standard InChI is InChI=1S/C27H34FNO5/c1-27(2,3)34-25(30)18-32-16-19-7-9-20(10-8-19)17-33-26(31)29-24-13-11-21(12-14-24)22-5-4-6-23(28)15-22/h4-6,11-15,19-20H,7-10,16-18H2,1-3H3,(H,29,31). The monoisotopic (exact) mass is 471 g/mol. The van der Waals surface area contributed by atoms with E-state index >= 15 is 0 Å². The van der Waals surface area contributed by atoms with Crippen molar-refractivity contribution in [2.45, 2.75) is 52.1 Å². The van der Waals surface area contributed by atoms with Crippen LogP contribution in [0.2, 0.25) is 0 Å². The highest BCUT2D eigenvalue weighted by atomic mass is 19.1. The molecule has 0 radical (unpaired) electrons. The Hall–Kier alpha value is -2.93. The molecule has 1 saturated carbocycles. The molecule has 1 aliphatic rings. The van der Waals surface area contributed by atoms with Crippen molar-refractivity contribution in [3.63, 3.8) is 0 Å². The van der Waals surface area contributed by atoms with Gasteiger partial charge in [-0.25, -0.2) is 14.0 Å². The van der Waals surface area contributed by atoms with E-state index in [-0.39, 0.29) is 18.4 Å². The molecule has 1 aliphatic carbocycles. The first-order chi connectivity index (χ1) is 16.2. The van der Waals surface area contributed by atoms with Crippen LogP contribution in [-0.4, -0.2) is 37.5 Å². The van der Waals surface area contributed by atoms with E-state index in [0.717, 1.165) is 36.8 Å². The molecule has 184 valence electrons. The number of halogens is 1. The van der Waals surface area contributed by atoms with Gasteiger partial charge in [-0.1, -0.05) is 24.3 Å². The minimum atomic E-state index is -0.503. The first-order valence-electron chi connectivity index (χ1n) is 11.8. The molecule has 6 nitrogen and oxygen atoms in total. The third kappa shape index (κ3) is 8.78. The Kier molecular flexibility index (Phi) is 9.05. The number of carbonyl (C=O) groups is 2. The quantitative estimate of drug-likeness (QED) is 0.464. The number of anilines is 1. The van der Waals surface area contributed by atoms with Gasteiger partial charge in [0.2, 0.25) is 0 Å². The summed E-state index contributed by atoms with van der Waals surface area (Å²) in [4.78, 5) is 23.9. The zero-order chi connectivity index (χ0) is 24.6. The zero-order valence-electron chi connectivity index (χ0n) is 20.1. The zero-order valence-corrected chi connectivity index (χ0v) is 20.1. The van der Waals surface area contributed by atoms with Crippen molar-refractivity contribution in [2.75, 3.05) is 25.1 Å². The topological polar surface area (TPSA) is 73.9 Å². The molecule has 1 fully saturated rings. The molecular formula is C27H34FNO5. The summed E-state index contributed by atoms with van der Waals surface area (Å²) in [5.74, 6) is 0.0992. The Balaban J connectivity index is 1.32. The Morgan fingerprint density at radius 1 is 0.941 bits per heavy atom. The number of benzene rings is 2. The maximum atomic E-state index is 13.4. The fraction of sp³-hybridized carbons (Fsp3) is 0.481. The number of rotatable bonds is 8. The summed E-state index contributed by atoms with van der Waals surface area (Å²) < 4.78 is 29.6. The molecule has 0 saturated heterocycles. The van der Waals surface area contributed by atoms with Crippen LogP contribution >= 0.6 is 0 Å². The van der Waals surface area contributed by atoms with E-state index in [1.807, 2.05) is 39.0 Å². The minimum absolute atomic E-state index is 0.0241. The lowest BCUT2D eigenvalue weighted by molar-refractivity contribution is -0.160. The van der Waals surface area contributed by atoms with Crippen LogP contribution in [0.1, 0.15) is 46.5 Å². The normalized spacial score (nSPS) is 18.2. The van der Waals surface area contributed by atoms with Gasteiger partial charge in [0.1, 0.15) is 18.0 Å². The molecule has 0 aromatic heterocycles. The Labute approximate surface area is 200 Å². The summed E-state index contributed by atoms with van der Waals surface area (Å²) in [5.41, 5.74) is 1.76. The molecule has 0 aliphatic heterocycles. The predicted molar refractivity (Wildman–Crippen MR) is 129 cm³/mol. The van der Waals surface area contributed by atoms with Gasteiger partial charge in [0.15, 0.2) is 0 Å². The molecule has 0 unspecified atom stereocenters. The molecular weight excluding hydrogens is 437 g/mol. The van der Waals surface area contributed by atoms with E-state index in [9.17, 15) is 14.0 Å². The molecule has 0 spiro atoms. The molecule has 2 aromatic rings. The second kappa shape index (κ2) is 12.0. The average molecular weight is 472 g/mol. The van der Waals surface area contributed by atoms with Crippen LogP contribution in [0.4, 0.5) is 14.9 Å². The highest BCUT2D eigenvalue weighted by Crippen LogP contribution is 2.29. The first-order valence-corrected chi connectivity index (χ1v) is 11.8. The van der Waals surface area contributed by atoms with E-state index in [0.29, 0.717) is 30.7 Å². The van der Waals surface area contributed by atoms with Crippen molar-refractivity contribution >= 4 is 17.7 Å². The molecule has 7 heteroatoms. The van der Waals surface area contributed by atoms with Crippen LogP contribution < -0.4 is 5.32 Å². The number of amides is 1. The molecule has 34 heavy (non-hydrogen) atoms. The van der Waals surface area contributed by atoms with Crippen LogP contribution in [0.5, 0.6) is 0 Å². The lowest BCUT2D eigenvalue weighted by Gasteiger charge is -2.28. The number of esters is 1. The third-order valence-corrected chi connectivity index (χ3v) is 5.70. The highest BCUT2D eigenvalue weighted by Gasteiger charge is 2.23. The van der Waals surface area contributed by atoms with Gasteiger partial charge in [-0.3, -0.25) is 5.32 Å². The summed E-state index contributed by atoms with van der Waals surface area (Å²) in [6, 6.07) is 13.6. The van der Waals surface area contributed by atoms with Gasteiger partial charge >= 0.3 is 12.1 Å². The molecule has 3 rings (SSSR count). The van der Waals surface area contributed by atoms with Crippen molar-refractivity contribution in [1.82, 2.24) is 0 Å². The number of hydrogen-bond donors (Lipinski definition) is 1. The van der Waals surface area contributed by atoms with Gasteiger partial charge in [0, 0.05) is 5.69 Å². The second-order valence-corrected chi connectivity index (χ2v) is 9.80. The van der Waals surface area contributed by atoms with E-state index in [1.165, 1.54) is 12.1 Å². The van der Waals surface area contributed by atoms with Crippen molar-refractivity contribution < 1.29 is 28.2 Å². The molecule has 1 N–H and O–H groups in total. The van der Waals surface area contributed by atoms with Crippen molar-refractivity contribution in [3.8, 4) is 11.1 Å². The van der Waals surface area contributed by atoms with Gasteiger partial charge in [0.05, 0.1) is 13.2 Å². The molecule has 0 heterocycles. The number of carbonyl (C=O) groups excluding carboxylic acids is 2. The van der Waals surface area contributed by atoms with Gasteiger partial charge < -0.3 is 14.2 Å². The SMILES string of the molecule is CC(C)(C)OC(=O)COCC1CCC(COC(=O)Nc2ccc(-c3cccc(F)c3)cc2)CC1. The maximum absolute atomic E-state index is 13.4. The Morgan fingerprint density at radius 2 is 1.59 bits per heavy atom. The lowest BCUT2D eigenvalue weighted by atomic mass is 9.83. The minimum Gasteiger partial charge on any atom is -0.458 e. The Morgan fingerprint density at radius 3 is 2.21 bits per heavy atom. The van der Waals surface area contributed by atoms with E-state index in [1.54, 1.807) is 18.2 Å². The molecule has 0 atom stereocenters. The van der Waals surface area contributed by atoms with Crippen LogP contribution in [0, 0.1) is 17.7 Å². The number of ether oxygens (including phenoxy) is 3. The van der Waals surface area contributed by atoms with E-state index < -0.39 is 11.7 Å². The molecule has 2 aromatic carbocycles. The fourth-order valence-corrected chi connectivity index (χ4v) is 4.01. The maximum Gasteiger partial charge on any atom is 0.411 e. The van der Waals surface area contributed by atoms with Crippen molar-refractivity contribution in [2.24, 2.45) is 11.8 Å². The number of hydrogen-bond acceptors (Lipinski definition) is 5. The molecule has 0 bridgehead atoms. The summed E-state index contributed by atoms with van der Waals surface area (Å²) in [5, 5.41) is 2.74. The van der Waals surface area contributed by atoms with Crippen LogP contribution in [0.25, 0.3) is 11.1 Å². The highest BCUT2D eigenvalue weighted by molar-refractivity contribution is 5.85. The third-order valence-electron chi connectivity index (χ3n) is 5.70. The molecule has 1 amide bonds. The fourth-order valence-electron chi connectivity index (χ4n) is 4.01. The average Bonchev–Trinajstić information content (AvgIpc) is 2.78. The van der Waals surface area contributed by atoms with Crippen LogP contribution in [-0.2, 0) is 19.0 Å². The second-order valence-electron chi connectivity index (χ2n) is 9.80. The van der Waals surface area contributed by atoms with Gasteiger partial charge in [-0.15, -0.1) is 0 Å². The van der Waals surface area contributed by atoms with Crippen LogP contribution in [0.15, 0.2) is 48.5 Å². The smallest absolute Gasteiger partial charge is 0.411 e. The Bertz CT molecular complexity index is 946. The van der Waals surface area contributed by atoms with E-state index in [4.69, 9.17) is 14.2 Å². The first kappa shape index (κ1) is 25.7. The predicted octanol–water partition coefficient (Wildman–Crippen LogP) is 6.21. The van der Waals surface area contributed by atoms with Crippen molar-refractivity contribution in [1.29, 1.82) is 0 Å². The van der Waals surface area contributed by atoms with E-state index in [2.05, 4.69) is 5.32 Å². The van der Waals surface area contributed by atoms with Crippen LogP contribution in [0.3, 0.4) is 0 Å². The lowest BCUT2D eigenvalue weighted by Crippen LogP contribution is -2.28. The largest absolute Gasteiger partial charge is 0.458 e.